The van der Waals surface area contributed by atoms with Crippen LogP contribution in [0.15, 0.2) is 30.3 Å². The van der Waals surface area contributed by atoms with Gasteiger partial charge >= 0.3 is 0 Å². The minimum Gasteiger partial charge on any atom is -0.294 e. The number of benzene rings is 1. The molecular formula is C17H23NO4S. The average molecular weight is 337 g/mol. The van der Waals surface area contributed by atoms with Crippen LogP contribution in [0.4, 0.5) is 0 Å². The summed E-state index contributed by atoms with van der Waals surface area (Å²) in [5.41, 5.74) is -0.00495. The average Bonchev–Trinajstić information content (AvgIpc) is 2.34. The first kappa shape index (κ1) is 17.7. The molecule has 1 aromatic carbocycles. The molecule has 1 saturated carbocycles. The van der Waals surface area contributed by atoms with E-state index < -0.39 is 26.6 Å². The lowest BCUT2D eigenvalue weighted by atomic mass is 9.82. The summed E-state index contributed by atoms with van der Waals surface area (Å²) in [6.07, 6.45) is 2.29. The molecule has 2 rings (SSSR count). The summed E-state index contributed by atoms with van der Waals surface area (Å²) in [7, 11) is -3.56. The number of amides is 1. The minimum atomic E-state index is -3.56. The van der Waals surface area contributed by atoms with Gasteiger partial charge in [0.1, 0.15) is 0 Å². The van der Waals surface area contributed by atoms with Gasteiger partial charge in [-0.2, -0.15) is 0 Å². The van der Waals surface area contributed by atoms with Crippen LogP contribution in [0.1, 0.15) is 56.3 Å². The standard InChI is InChI=1S/C17H23NO4S/c1-17(2,11-15(19)13-7-4-3-5-8-13)12-16(20)18-23(21,22)14-9-6-10-14/h3-5,7-8,14H,6,9-12H2,1-2H3,(H,18,20). The molecule has 5 nitrogen and oxygen atoms in total. The highest BCUT2D eigenvalue weighted by Crippen LogP contribution is 2.28. The highest BCUT2D eigenvalue weighted by atomic mass is 32.2. The zero-order valence-electron chi connectivity index (χ0n) is 13.5. The molecule has 1 aliphatic carbocycles. The van der Waals surface area contributed by atoms with Gasteiger partial charge in [-0.05, 0) is 18.3 Å². The van der Waals surface area contributed by atoms with Crippen LogP contribution >= 0.6 is 0 Å². The van der Waals surface area contributed by atoms with Crippen molar-refractivity contribution in [1.29, 1.82) is 0 Å². The molecule has 1 amide bonds. The van der Waals surface area contributed by atoms with Crippen molar-refractivity contribution in [2.75, 3.05) is 0 Å². The van der Waals surface area contributed by atoms with Crippen LogP contribution in [0.25, 0.3) is 0 Å². The zero-order chi connectivity index (χ0) is 17.1. The number of carbonyl (C=O) groups excluding carboxylic acids is 2. The number of nitrogens with one attached hydrogen (secondary N) is 1. The van der Waals surface area contributed by atoms with E-state index in [0.717, 1.165) is 6.42 Å². The first-order valence-electron chi connectivity index (χ1n) is 7.82. The molecule has 0 radical (unpaired) electrons. The summed E-state index contributed by atoms with van der Waals surface area (Å²) in [6.45, 7) is 3.59. The van der Waals surface area contributed by atoms with Crippen LogP contribution in [0.2, 0.25) is 0 Å². The van der Waals surface area contributed by atoms with Crippen molar-refractivity contribution in [3.8, 4) is 0 Å². The van der Waals surface area contributed by atoms with Crippen LogP contribution in [0, 0.1) is 5.41 Å². The Morgan fingerprint density at radius 1 is 1.13 bits per heavy atom. The molecule has 6 heteroatoms. The monoisotopic (exact) mass is 337 g/mol. The number of hydrogen-bond acceptors (Lipinski definition) is 4. The molecule has 0 bridgehead atoms. The van der Waals surface area contributed by atoms with E-state index in [4.69, 9.17) is 0 Å². The smallest absolute Gasteiger partial charge is 0.237 e. The Labute approximate surface area is 137 Å². The second-order valence-corrected chi connectivity index (χ2v) is 8.89. The predicted octanol–water partition coefficient (Wildman–Crippen LogP) is 2.67. The van der Waals surface area contributed by atoms with Crippen molar-refractivity contribution in [2.45, 2.75) is 51.2 Å². The molecule has 0 atom stereocenters. The molecule has 0 unspecified atom stereocenters. The Morgan fingerprint density at radius 3 is 2.26 bits per heavy atom. The number of sulfonamides is 1. The van der Waals surface area contributed by atoms with E-state index in [9.17, 15) is 18.0 Å². The predicted molar refractivity (Wildman–Crippen MR) is 88.5 cm³/mol. The quantitative estimate of drug-likeness (QED) is 0.776. The van der Waals surface area contributed by atoms with Gasteiger partial charge in [0.15, 0.2) is 5.78 Å². The summed E-state index contributed by atoms with van der Waals surface area (Å²) in [4.78, 5) is 24.3. The van der Waals surface area contributed by atoms with Crippen LogP contribution < -0.4 is 4.72 Å². The third-order valence-electron chi connectivity index (χ3n) is 4.12. The fourth-order valence-corrected chi connectivity index (χ4v) is 4.13. The Kier molecular flexibility index (Phi) is 5.24. The zero-order valence-corrected chi connectivity index (χ0v) is 14.4. The first-order valence-corrected chi connectivity index (χ1v) is 9.37. The van der Waals surface area contributed by atoms with Crippen LogP contribution in [0.5, 0.6) is 0 Å². The minimum absolute atomic E-state index is 0.00246. The number of Topliss-reactive ketones (excluding diaryl/α,β-unsaturated/α-hetero) is 1. The molecule has 0 saturated heterocycles. The molecule has 23 heavy (non-hydrogen) atoms. The summed E-state index contributed by atoms with van der Waals surface area (Å²) in [5, 5.41) is -0.444. The molecule has 1 N–H and O–H groups in total. The molecule has 0 aromatic heterocycles. The summed E-state index contributed by atoms with van der Waals surface area (Å²) < 4.78 is 26.1. The highest BCUT2D eigenvalue weighted by Gasteiger charge is 2.34. The van der Waals surface area contributed by atoms with Gasteiger partial charge in [-0.3, -0.25) is 14.3 Å². The van der Waals surface area contributed by atoms with Crippen LogP contribution in [-0.4, -0.2) is 25.4 Å². The largest absolute Gasteiger partial charge is 0.294 e. The number of rotatable bonds is 7. The molecule has 0 spiro atoms. The van der Waals surface area contributed by atoms with E-state index in [2.05, 4.69) is 4.72 Å². The van der Waals surface area contributed by atoms with Gasteiger partial charge in [0.05, 0.1) is 5.25 Å². The Bertz CT molecular complexity index is 676. The topological polar surface area (TPSA) is 80.3 Å². The third kappa shape index (κ3) is 4.89. The lowest BCUT2D eigenvalue weighted by Crippen LogP contribution is -2.42. The van der Waals surface area contributed by atoms with Gasteiger partial charge in [0.2, 0.25) is 15.9 Å². The molecule has 0 aliphatic heterocycles. The van der Waals surface area contributed by atoms with Crippen LogP contribution in [-0.2, 0) is 14.8 Å². The van der Waals surface area contributed by atoms with Gasteiger partial charge in [0.25, 0.3) is 0 Å². The van der Waals surface area contributed by atoms with Gasteiger partial charge in [-0.15, -0.1) is 0 Å². The lowest BCUT2D eigenvalue weighted by molar-refractivity contribution is -0.121. The fraction of sp³-hybridized carbons (Fsp3) is 0.529. The van der Waals surface area contributed by atoms with Crippen molar-refractivity contribution in [2.24, 2.45) is 5.41 Å². The van der Waals surface area contributed by atoms with Crippen LogP contribution in [0.3, 0.4) is 0 Å². The van der Waals surface area contributed by atoms with Gasteiger partial charge in [-0.25, -0.2) is 8.42 Å². The van der Waals surface area contributed by atoms with Gasteiger partial charge in [-0.1, -0.05) is 50.6 Å². The summed E-state index contributed by atoms with van der Waals surface area (Å²) >= 11 is 0. The van der Waals surface area contributed by atoms with Gasteiger partial charge < -0.3 is 0 Å². The normalized spacial score (nSPS) is 15.7. The SMILES string of the molecule is CC(C)(CC(=O)NS(=O)(=O)C1CCC1)CC(=O)c1ccccc1. The van der Waals surface area contributed by atoms with Crippen molar-refractivity contribution >= 4 is 21.7 Å². The highest BCUT2D eigenvalue weighted by molar-refractivity contribution is 7.90. The molecule has 1 fully saturated rings. The van der Waals surface area contributed by atoms with Crippen molar-refractivity contribution in [3.05, 3.63) is 35.9 Å². The second-order valence-electron chi connectivity index (χ2n) is 6.93. The fourth-order valence-electron chi connectivity index (χ4n) is 2.62. The van der Waals surface area contributed by atoms with E-state index >= 15 is 0 Å². The maximum Gasteiger partial charge on any atom is 0.237 e. The van der Waals surface area contributed by atoms with E-state index in [-0.39, 0.29) is 18.6 Å². The van der Waals surface area contributed by atoms with Crippen molar-refractivity contribution in [3.63, 3.8) is 0 Å². The third-order valence-corrected chi connectivity index (χ3v) is 5.98. The van der Waals surface area contributed by atoms with Crippen molar-refractivity contribution in [1.82, 2.24) is 4.72 Å². The summed E-state index contributed by atoms with van der Waals surface area (Å²) in [6, 6.07) is 8.88. The Morgan fingerprint density at radius 2 is 1.74 bits per heavy atom. The van der Waals surface area contributed by atoms with E-state index in [1.54, 1.807) is 38.1 Å². The number of hydrogen-bond donors (Lipinski definition) is 1. The first-order chi connectivity index (χ1) is 10.7. The number of carbonyl (C=O) groups is 2. The Balaban J connectivity index is 1.92. The molecule has 0 heterocycles. The molecule has 1 aliphatic rings. The lowest BCUT2D eigenvalue weighted by Gasteiger charge is -2.27. The summed E-state index contributed by atoms with van der Waals surface area (Å²) in [5.74, 6) is -0.590. The van der Waals surface area contributed by atoms with E-state index in [1.807, 2.05) is 6.07 Å². The maximum absolute atomic E-state index is 12.2. The molecule has 126 valence electrons. The van der Waals surface area contributed by atoms with E-state index in [0.29, 0.717) is 18.4 Å². The Hall–Kier alpha value is -1.69. The van der Waals surface area contributed by atoms with E-state index in [1.165, 1.54) is 0 Å². The molecular weight excluding hydrogens is 314 g/mol. The van der Waals surface area contributed by atoms with Gasteiger partial charge in [0, 0.05) is 18.4 Å². The molecule has 1 aromatic rings. The second kappa shape index (κ2) is 6.83. The maximum atomic E-state index is 12.2. The van der Waals surface area contributed by atoms with Crippen molar-refractivity contribution < 1.29 is 18.0 Å². The number of ketones is 1.